The third kappa shape index (κ3) is 5.96. The highest BCUT2D eigenvalue weighted by molar-refractivity contribution is 8.00. The molecule has 5 rings (SSSR count). The van der Waals surface area contributed by atoms with Gasteiger partial charge in [0.2, 0.25) is 0 Å². The molecule has 1 saturated heterocycles. The Labute approximate surface area is 258 Å². The highest BCUT2D eigenvalue weighted by Crippen LogP contribution is 2.40. The number of thioether (sulfide) groups is 1. The molecule has 4 heterocycles. The number of amides is 3. The zero-order valence-electron chi connectivity index (χ0n) is 23.1. The number of rotatable bonds is 10. The van der Waals surface area contributed by atoms with E-state index in [9.17, 15) is 24.3 Å². The summed E-state index contributed by atoms with van der Waals surface area (Å²) < 4.78 is 1.83. The van der Waals surface area contributed by atoms with Gasteiger partial charge in [-0.1, -0.05) is 17.3 Å². The molecule has 16 heteroatoms. The minimum absolute atomic E-state index is 0.154. The van der Waals surface area contributed by atoms with Crippen LogP contribution < -0.4 is 26.0 Å². The number of nitrogens with two attached hydrogens (primary N) is 1. The lowest BCUT2D eigenvalue weighted by Crippen LogP contribution is -2.71. The van der Waals surface area contributed by atoms with Crippen LogP contribution in [-0.2, 0) is 25.8 Å². The predicted octanol–water partition coefficient (Wildman–Crippen LogP) is -0.222. The second kappa shape index (κ2) is 12.9. The van der Waals surface area contributed by atoms with Crippen molar-refractivity contribution in [3.8, 4) is 6.19 Å². The predicted molar refractivity (Wildman–Crippen MR) is 158 cm³/mol. The molecule has 4 N–H and O–H groups in total. The monoisotopic (exact) mass is 632 g/mol. The molecule has 2 aliphatic rings. The maximum atomic E-state index is 13.1. The fourth-order valence-corrected chi connectivity index (χ4v) is 6.59. The van der Waals surface area contributed by atoms with Crippen LogP contribution >= 0.6 is 23.1 Å². The fraction of sp³-hybridized carbons (Fsp3) is 0.214. The third-order valence-electron chi connectivity index (χ3n) is 6.67. The first-order chi connectivity index (χ1) is 21.2. The second-order valence-corrected chi connectivity index (χ2v) is 11.4. The van der Waals surface area contributed by atoms with Crippen LogP contribution in [0.5, 0.6) is 0 Å². The number of thiazole rings is 1. The van der Waals surface area contributed by atoms with Crippen molar-refractivity contribution in [2.75, 3.05) is 18.1 Å². The first-order valence-electron chi connectivity index (χ1n) is 13.1. The molecular weight excluding hydrogens is 608 g/mol. The van der Waals surface area contributed by atoms with Gasteiger partial charge in [-0.05, 0) is 30.7 Å². The summed E-state index contributed by atoms with van der Waals surface area (Å²) in [6.45, 7) is 2.25. The summed E-state index contributed by atoms with van der Waals surface area (Å²) in [4.78, 5) is 60.7. The number of aromatic nitrogens is 2. The van der Waals surface area contributed by atoms with Gasteiger partial charge >= 0.3 is 0 Å². The Morgan fingerprint density at radius 2 is 2.18 bits per heavy atom. The number of fused-ring (bicyclic) bond motifs is 2. The van der Waals surface area contributed by atoms with Gasteiger partial charge in [0.25, 0.3) is 17.7 Å². The number of carbonyl (C=O) groups excluding carboxylic acids is 4. The Balaban J connectivity index is 1.30. The van der Waals surface area contributed by atoms with Gasteiger partial charge in [0.1, 0.15) is 23.7 Å². The van der Waals surface area contributed by atoms with E-state index in [0.717, 1.165) is 21.6 Å². The molecule has 3 aromatic rings. The van der Waals surface area contributed by atoms with Crippen molar-refractivity contribution in [3.05, 3.63) is 76.7 Å². The zero-order valence-corrected chi connectivity index (χ0v) is 24.7. The van der Waals surface area contributed by atoms with Crippen LogP contribution in [0.4, 0.5) is 5.13 Å². The van der Waals surface area contributed by atoms with Gasteiger partial charge in [0.05, 0.1) is 11.7 Å². The van der Waals surface area contributed by atoms with E-state index >= 15 is 0 Å². The van der Waals surface area contributed by atoms with Gasteiger partial charge < -0.3 is 25.8 Å². The van der Waals surface area contributed by atoms with E-state index in [2.05, 4.69) is 20.8 Å². The summed E-state index contributed by atoms with van der Waals surface area (Å²) in [5.74, 6) is -3.07. The lowest BCUT2D eigenvalue weighted by Gasteiger charge is -2.50. The van der Waals surface area contributed by atoms with Gasteiger partial charge in [-0.2, -0.15) is 5.26 Å². The highest BCUT2D eigenvalue weighted by Gasteiger charge is 2.53. The molecule has 1 fully saturated rings. The van der Waals surface area contributed by atoms with Crippen molar-refractivity contribution in [3.63, 3.8) is 0 Å². The minimum atomic E-state index is -1.51. The molecule has 224 valence electrons. The number of anilines is 1. The molecule has 1 aromatic carbocycles. The van der Waals surface area contributed by atoms with Gasteiger partial charge in [-0.3, -0.25) is 24.6 Å². The van der Waals surface area contributed by atoms with Crippen molar-refractivity contribution >= 4 is 68.4 Å². The molecule has 2 aliphatic heterocycles. The van der Waals surface area contributed by atoms with Gasteiger partial charge in [-0.15, -0.1) is 23.1 Å². The number of hydrogen-bond acceptors (Lipinski definition) is 12. The first kappa shape index (κ1) is 30.2. The van der Waals surface area contributed by atoms with Crippen LogP contribution in [0.15, 0.2) is 70.6 Å². The Hall–Kier alpha value is -5.27. The first-order valence-corrected chi connectivity index (χ1v) is 15.1. The second-order valence-electron chi connectivity index (χ2n) is 9.37. The van der Waals surface area contributed by atoms with E-state index < -0.39 is 35.1 Å². The number of nitrogens with zero attached hydrogens (tertiary/aromatic N) is 5. The molecular formula is C28H24N8O6S2. The molecule has 0 unspecified atom stereocenters. The Bertz CT molecular complexity index is 1810. The number of hydrogen-bond donors (Lipinski definition) is 3. The normalized spacial score (nSPS) is 18.0. The van der Waals surface area contributed by atoms with Crippen LogP contribution in [0, 0.1) is 11.5 Å². The Morgan fingerprint density at radius 3 is 2.89 bits per heavy atom. The average molecular weight is 633 g/mol. The Kier molecular flexibility index (Phi) is 8.88. The number of carboxylic acid groups (broad SMARTS) is 1. The van der Waals surface area contributed by atoms with E-state index in [4.69, 9.17) is 15.8 Å². The number of benzene rings is 1. The van der Waals surface area contributed by atoms with Gasteiger partial charge in [0, 0.05) is 33.5 Å². The number of carbonyl (C=O) groups is 4. The van der Waals surface area contributed by atoms with E-state index in [1.807, 2.05) is 16.8 Å². The zero-order chi connectivity index (χ0) is 31.4. The third-order valence-corrected chi connectivity index (χ3v) is 8.65. The lowest BCUT2D eigenvalue weighted by atomic mass is 10.0. The van der Waals surface area contributed by atoms with Crippen LogP contribution in [0.3, 0.4) is 0 Å². The number of allylic oxidation sites excluding steroid dienone is 2. The van der Waals surface area contributed by atoms with Crippen molar-refractivity contribution in [2.24, 2.45) is 5.16 Å². The number of oxime groups is 1. The standard InChI is InChI=1S/C28H24N8O6S2/c1-2-42-34-20(19-13-44-28(30)32-19)24(38)33-21-25(39)36-22(27(40)41)16(12-43-26(21)36)6-4-9-35-10-8-17-15(11-35)5-3-7-18(17)23(37)31-14-29/h3-8,10-11,13,21,26H,2,9,12H2,1H3,(H4-,30,31,32,33,37,38,40,41)/b6-4+,34-20-/t21-,26-/m1/s1. The van der Waals surface area contributed by atoms with E-state index in [1.54, 1.807) is 49.7 Å². The van der Waals surface area contributed by atoms with Gasteiger partial charge in [-0.25, -0.2) is 9.55 Å². The van der Waals surface area contributed by atoms with E-state index in [-0.39, 0.29) is 34.6 Å². The largest absolute Gasteiger partial charge is 0.543 e. The summed E-state index contributed by atoms with van der Waals surface area (Å²) in [6, 6.07) is 5.92. The maximum absolute atomic E-state index is 13.1. The molecule has 2 aromatic heterocycles. The van der Waals surface area contributed by atoms with Crippen molar-refractivity contribution < 1.29 is 33.7 Å². The smallest absolute Gasteiger partial charge is 0.276 e. The number of pyridine rings is 1. The molecule has 3 amide bonds. The molecule has 0 saturated carbocycles. The summed E-state index contributed by atoms with van der Waals surface area (Å²) in [6.07, 6.45) is 8.57. The molecule has 0 radical (unpaired) electrons. The van der Waals surface area contributed by atoms with Crippen LogP contribution in [0.2, 0.25) is 0 Å². The van der Waals surface area contributed by atoms with Crippen molar-refractivity contribution in [2.45, 2.75) is 24.9 Å². The SMILES string of the molecule is CCO/N=C(\C(=O)N[C@@H]1C(=O)N2C(C(=O)[O-])=C(/C=C/C[n+]3ccc4c(C(=O)NC#N)cccc4c3)CS[C@H]12)c1csc(N)n1. The molecule has 0 spiro atoms. The summed E-state index contributed by atoms with van der Waals surface area (Å²) >= 11 is 2.41. The van der Waals surface area contributed by atoms with Gasteiger partial charge in [0.15, 0.2) is 36.0 Å². The topological polar surface area (TPSA) is 207 Å². The van der Waals surface area contributed by atoms with Crippen molar-refractivity contribution in [1.82, 2.24) is 20.5 Å². The van der Waals surface area contributed by atoms with E-state index in [1.165, 1.54) is 17.1 Å². The number of β-lactam (4-membered cyclic amide) rings is 1. The minimum Gasteiger partial charge on any atom is -0.543 e. The van der Waals surface area contributed by atoms with Crippen molar-refractivity contribution in [1.29, 1.82) is 5.26 Å². The van der Waals surface area contributed by atoms with Crippen LogP contribution in [0.1, 0.15) is 23.0 Å². The summed E-state index contributed by atoms with van der Waals surface area (Å²) in [7, 11) is 0. The number of nitriles is 1. The average Bonchev–Trinajstić information content (AvgIpc) is 3.44. The Morgan fingerprint density at radius 1 is 1.36 bits per heavy atom. The molecule has 44 heavy (non-hydrogen) atoms. The molecule has 0 aliphatic carbocycles. The number of nitrogens with one attached hydrogen (secondary N) is 2. The quantitative estimate of drug-likeness (QED) is 0.0669. The van der Waals surface area contributed by atoms with Crippen LogP contribution in [-0.4, -0.2) is 63.1 Å². The fourth-order valence-electron chi connectivity index (χ4n) is 4.72. The maximum Gasteiger partial charge on any atom is 0.276 e. The highest BCUT2D eigenvalue weighted by atomic mass is 32.2. The lowest BCUT2D eigenvalue weighted by molar-refractivity contribution is -0.685. The molecule has 0 bridgehead atoms. The summed E-state index contributed by atoms with van der Waals surface area (Å²) in [5.41, 5.74) is 6.22. The molecule has 2 atom stereocenters. The number of nitrogen functional groups attached to an aromatic ring is 1. The van der Waals surface area contributed by atoms with Crippen LogP contribution in [0.25, 0.3) is 10.8 Å². The number of aliphatic carboxylic acids is 1. The molecule has 14 nitrogen and oxygen atoms in total. The van der Waals surface area contributed by atoms with E-state index in [0.29, 0.717) is 23.1 Å². The number of carboxylic acids is 1. The summed E-state index contributed by atoms with van der Waals surface area (Å²) in [5, 5.41) is 32.0.